The maximum Gasteiger partial charge on any atom is 0.257 e. The molecule has 3 rings (SSSR count). The molecule has 1 aliphatic rings. The van der Waals surface area contributed by atoms with Crippen molar-refractivity contribution in [3.8, 4) is 5.75 Å². The van der Waals surface area contributed by atoms with Crippen molar-refractivity contribution >= 4 is 5.91 Å². The van der Waals surface area contributed by atoms with Gasteiger partial charge in [-0.15, -0.1) is 0 Å². The summed E-state index contributed by atoms with van der Waals surface area (Å²) in [4.78, 5) is 16.4. The maximum absolute atomic E-state index is 14.0. The van der Waals surface area contributed by atoms with E-state index >= 15 is 0 Å². The van der Waals surface area contributed by atoms with Crippen LogP contribution in [0.3, 0.4) is 0 Å². The van der Waals surface area contributed by atoms with Crippen LogP contribution in [0.4, 0.5) is 8.78 Å². The monoisotopic (exact) mass is 318 g/mol. The van der Waals surface area contributed by atoms with Crippen LogP contribution in [0.5, 0.6) is 5.75 Å². The zero-order chi connectivity index (χ0) is 16.4. The summed E-state index contributed by atoms with van der Waals surface area (Å²) in [7, 11) is 1.31. The van der Waals surface area contributed by atoms with Crippen LogP contribution in [-0.2, 0) is 0 Å². The van der Waals surface area contributed by atoms with E-state index in [0.29, 0.717) is 0 Å². The second kappa shape index (κ2) is 6.32. The molecule has 1 aliphatic carbocycles. The van der Waals surface area contributed by atoms with E-state index in [0.717, 1.165) is 30.5 Å². The number of amides is 1. The number of carbonyl (C=O) groups is 1. The van der Waals surface area contributed by atoms with Gasteiger partial charge in [0, 0.05) is 24.5 Å². The molecule has 0 aliphatic heterocycles. The summed E-state index contributed by atoms with van der Waals surface area (Å²) in [6, 6.07) is 5.31. The van der Waals surface area contributed by atoms with Gasteiger partial charge in [0.15, 0.2) is 0 Å². The number of nitrogens with one attached hydrogen (secondary N) is 1. The van der Waals surface area contributed by atoms with Crippen LogP contribution in [0.15, 0.2) is 36.7 Å². The van der Waals surface area contributed by atoms with Crippen LogP contribution in [0.1, 0.15) is 34.8 Å². The van der Waals surface area contributed by atoms with Gasteiger partial charge in [-0.1, -0.05) is 6.07 Å². The van der Waals surface area contributed by atoms with Gasteiger partial charge in [-0.3, -0.25) is 9.78 Å². The molecule has 23 heavy (non-hydrogen) atoms. The highest BCUT2D eigenvalue weighted by atomic mass is 19.1. The van der Waals surface area contributed by atoms with Gasteiger partial charge < -0.3 is 10.1 Å². The molecule has 6 heteroatoms. The Morgan fingerprint density at radius 2 is 2.04 bits per heavy atom. The largest absolute Gasteiger partial charge is 0.497 e. The molecule has 4 nitrogen and oxygen atoms in total. The van der Waals surface area contributed by atoms with Crippen molar-refractivity contribution in [3.63, 3.8) is 0 Å². The van der Waals surface area contributed by atoms with Crippen molar-refractivity contribution in [2.45, 2.75) is 18.9 Å². The topological polar surface area (TPSA) is 51.2 Å². The van der Waals surface area contributed by atoms with Crippen LogP contribution in [0.2, 0.25) is 0 Å². The molecule has 1 heterocycles. The van der Waals surface area contributed by atoms with Gasteiger partial charge in [0.1, 0.15) is 22.9 Å². The Hall–Kier alpha value is -2.50. The van der Waals surface area contributed by atoms with E-state index in [1.165, 1.54) is 7.11 Å². The Labute approximate surface area is 132 Å². The summed E-state index contributed by atoms with van der Waals surface area (Å²) in [5, 5.41) is 2.73. The fraction of sp³-hybridized carbons (Fsp3) is 0.294. The number of rotatable bonds is 5. The molecule has 1 aromatic heterocycles. The van der Waals surface area contributed by atoms with Crippen molar-refractivity contribution in [1.29, 1.82) is 0 Å². The first-order valence-electron chi connectivity index (χ1n) is 7.34. The number of ether oxygens (including phenoxy) is 1. The Balaban J connectivity index is 1.86. The zero-order valence-corrected chi connectivity index (χ0v) is 12.6. The highest BCUT2D eigenvalue weighted by Gasteiger charge is 2.34. The van der Waals surface area contributed by atoms with Gasteiger partial charge in [-0.05, 0) is 30.4 Å². The first kappa shape index (κ1) is 15.4. The summed E-state index contributed by atoms with van der Waals surface area (Å²) >= 11 is 0. The number of nitrogens with zero attached hydrogens (tertiary/aromatic N) is 1. The van der Waals surface area contributed by atoms with E-state index in [1.54, 1.807) is 18.5 Å². The van der Waals surface area contributed by atoms with E-state index in [2.05, 4.69) is 10.3 Å². The fourth-order valence-electron chi connectivity index (χ4n) is 2.56. The maximum atomic E-state index is 14.0. The number of aromatic nitrogens is 1. The molecule has 0 saturated heterocycles. The molecule has 1 N–H and O–H groups in total. The van der Waals surface area contributed by atoms with Crippen LogP contribution in [0.25, 0.3) is 0 Å². The fourth-order valence-corrected chi connectivity index (χ4v) is 2.56. The number of hydrogen-bond acceptors (Lipinski definition) is 3. The molecule has 120 valence electrons. The number of pyridine rings is 1. The van der Waals surface area contributed by atoms with E-state index < -0.39 is 23.1 Å². The number of carbonyl (C=O) groups excluding carboxylic acids is 1. The Morgan fingerprint density at radius 3 is 2.57 bits per heavy atom. The molecule has 0 bridgehead atoms. The van der Waals surface area contributed by atoms with E-state index in [-0.39, 0.29) is 17.7 Å². The summed E-state index contributed by atoms with van der Waals surface area (Å²) < 4.78 is 32.8. The Kier molecular flexibility index (Phi) is 4.23. The molecule has 1 saturated carbocycles. The first-order valence-corrected chi connectivity index (χ1v) is 7.34. The lowest BCUT2D eigenvalue weighted by Crippen LogP contribution is -2.31. The minimum Gasteiger partial charge on any atom is -0.497 e. The predicted molar refractivity (Wildman–Crippen MR) is 80.1 cm³/mol. The van der Waals surface area contributed by atoms with Crippen LogP contribution in [0, 0.1) is 17.6 Å². The van der Waals surface area contributed by atoms with E-state index in [4.69, 9.17) is 4.74 Å². The van der Waals surface area contributed by atoms with Gasteiger partial charge >= 0.3 is 0 Å². The summed E-state index contributed by atoms with van der Waals surface area (Å²) in [5.74, 6) is -2.36. The van der Waals surface area contributed by atoms with Crippen molar-refractivity contribution < 1.29 is 18.3 Å². The van der Waals surface area contributed by atoms with Crippen molar-refractivity contribution in [3.05, 3.63) is 59.4 Å². The van der Waals surface area contributed by atoms with Crippen LogP contribution < -0.4 is 10.1 Å². The third-order valence-corrected chi connectivity index (χ3v) is 3.90. The molecular formula is C17H16F2N2O2. The smallest absolute Gasteiger partial charge is 0.257 e. The summed E-state index contributed by atoms with van der Waals surface area (Å²) in [6.45, 7) is 0. The van der Waals surface area contributed by atoms with Gasteiger partial charge in [0.25, 0.3) is 5.91 Å². The molecule has 0 radical (unpaired) electrons. The molecule has 1 unspecified atom stereocenters. The second-order valence-corrected chi connectivity index (χ2v) is 5.54. The zero-order valence-electron chi connectivity index (χ0n) is 12.6. The normalized spacial score (nSPS) is 15.1. The van der Waals surface area contributed by atoms with E-state index in [9.17, 15) is 13.6 Å². The predicted octanol–water partition coefficient (Wildman–Crippen LogP) is 3.25. The molecule has 1 aromatic carbocycles. The van der Waals surface area contributed by atoms with Gasteiger partial charge in [0.05, 0.1) is 13.2 Å². The first-order chi connectivity index (χ1) is 11.1. The average molecular weight is 318 g/mol. The number of hydrogen-bond donors (Lipinski definition) is 1. The third kappa shape index (κ3) is 3.31. The minimum absolute atomic E-state index is 0.0301. The summed E-state index contributed by atoms with van der Waals surface area (Å²) in [5.41, 5.74) is 0.234. The van der Waals surface area contributed by atoms with Crippen LogP contribution in [-0.4, -0.2) is 18.0 Å². The standard InChI is InChI=1S/C17H16F2N2O2/c1-23-12-7-13(18)15(14(19)8-12)17(22)21-16(10-4-5-10)11-3-2-6-20-9-11/h2-3,6-10,16H,4-5H2,1H3,(H,21,22). The molecule has 1 atom stereocenters. The van der Waals surface area contributed by atoms with Crippen LogP contribution >= 0.6 is 0 Å². The van der Waals surface area contributed by atoms with Crippen molar-refractivity contribution in [2.24, 2.45) is 5.92 Å². The van der Waals surface area contributed by atoms with Crippen molar-refractivity contribution in [1.82, 2.24) is 10.3 Å². The minimum atomic E-state index is -0.944. The van der Waals surface area contributed by atoms with Gasteiger partial charge in [0.2, 0.25) is 0 Å². The highest BCUT2D eigenvalue weighted by molar-refractivity contribution is 5.95. The van der Waals surface area contributed by atoms with Gasteiger partial charge in [-0.2, -0.15) is 0 Å². The molecule has 2 aromatic rings. The third-order valence-electron chi connectivity index (χ3n) is 3.90. The lowest BCUT2D eigenvalue weighted by atomic mass is 10.0. The second-order valence-electron chi connectivity index (χ2n) is 5.54. The lowest BCUT2D eigenvalue weighted by Gasteiger charge is -2.19. The number of benzene rings is 1. The lowest BCUT2D eigenvalue weighted by molar-refractivity contribution is 0.0923. The molecule has 0 spiro atoms. The summed E-state index contributed by atoms with van der Waals surface area (Å²) in [6.07, 6.45) is 5.23. The molecule has 1 fully saturated rings. The SMILES string of the molecule is COc1cc(F)c(C(=O)NC(c2cccnc2)C2CC2)c(F)c1. The van der Waals surface area contributed by atoms with E-state index in [1.807, 2.05) is 6.07 Å². The molecular weight excluding hydrogens is 302 g/mol. The Bertz CT molecular complexity index is 695. The quantitative estimate of drug-likeness (QED) is 0.921. The highest BCUT2D eigenvalue weighted by Crippen LogP contribution is 2.41. The average Bonchev–Trinajstić information content (AvgIpc) is 3.37. The van der Waals surface area contributed by atoms with Crippen molar-refractivity contribution in [2.75, 3.05) is 7.11 Å². The number of methoxy groups -OCH3 is 1. The van der Waals surface area contributed by atoms with Gasteiger partial charge in [-0.25, -0.2) is 8.78 Å². The Morgan fingerprint density at radius 1 is 1.35 bits per heavy atom. The molecule has 1 amide bonds. The number of halogens is 2.